The highest BCUT2D eigenvalue weighted by molar-refractivity contribution is 5.25. The summed E-state index contributed by atoms with van der Waals surface area (Å²) in [4.78, 5) is 4.27. The average molecular weight is 433 g/mol. The standard InChI is InChI=1S/C29H49FO/c1-20(2)9-7-6-8-10-21(3)25-13-14-26-24-12-11-22-19-23(31-30)15-17-28(22,4)27(24)16-18-29(25,26)5/h11,20-21,23-27H,6-10,12-19H2,1-5H3. The molecule has 3 fully saturated rings. The van der Waals surface area contributed by atoms with Crippen LogP contribution in [0.5, 0.6) is 0 Å². The van der Waals surface area contributed by atoms with Gasteiger partial charge in [-0.05, 0) is 102 Å². The maximum absolute atomic E-state index is 12.9. The number of halogens is 1. The summed E-state index contributed by atoms with van der Waals surface area (Å²) in [6.07, 6.45) is 19.3. The zero-order valence-electron chi connectivity index (χ0n) is 21.1. The number of allylic oxidation sites excluding steroid dienone is 1. The number of unbranched alkanes of at least 4 members (excludes halogenated alkanes) is 2. The minimum absolute atomic E-state index is 0.193. The molecule has 0 amide bonds. The van der Waals surface area contributed by atoms with E-state index in [1.54, 1.807) is 0 Å². The van der Waals surface area contributed by atoms with Crippen LogP contribution in [0.2, 0.25) is 0 Å². The predicted octanol–water partition coefficient (Wildman–Crippen LogP) is 9.08. The van der Waals surface area contributed by atoms with Gasteiger partial charge in [-0.3, -0.25) is 0 Å². The highest BCUT2D eigenvalue weighted by Gasteiger charge is 2.59. The molecule has 0 N–H and O–H groups in total. The van der Waals surface area contributed by atoms with E-state index in [1.807, 2.05) is 0 Å². The Balaban J connectivity index is 1.40. The van der Waals surface area contributed by atoms with E-state index in [9.17, 15) is 4.53 Å². The summed E-state index contributed by atoms with van der Waals surface area (Å²) in [5.74, 6) is 5.25. The third-order valence-corrected chi connectivity index (χ3v) is 10.9. The van der Waals surface area contributed by atoms with Gasteiger partial charge in [0.25, 0.3) is 0 Å². The van der Waals surface area contributed by atoms with Crippen LogP contribution in [-0.2, 0) is 4.94 Å². The minimum atomic E-state index is -0.193. The van der Waals surface area contributed by atoms with Crippen LogP contribution in [0.3, 0.4) is 0 Å². The molecule has 2 heteroatoms. The van der Waals surface area contributed by atoms with Crippen LogP contribution in [0, 0.1) is 46.3 Å². The Morgan fingerprint density at radius 1 is 0.968 bits per heavy atom. The maximum Gasteiger partial charge on any atom is 0.102 e. The van der Waals surface area contributed by atoms with Crippen LogP contribution in [-0.4, -0.2) is 6.10 Å². The van der Waals surface area contributed by atoms with Crippen molar-refractivity contribution < 1.29 is 9.47 Å². The Hall–Kier alpha value is -0.370. The van der Waals surface area contributed by atoms with Gasteiger partial charge in [0.15, 0.2) is 0 Å². The Kier molecular flexibility index (Phi) is 7.27. The van der Waals surface area contributed by atoms with Gasteiger partial charge in [-0.25, -0.2) is 0 Å². The third-order valence-electron chi connectivity index (χ3n) is 10.9. The molecule has 0 aromatic carbocycles. The van der Waals surface area contributed by atoms with Crippen LogP contribution in [0.15, 0.2) is 11.6 Å². The lowest BCUT2D eigenvalue weighted by Gasteiger charge is -2.58. The van der Waals surface area contributed by atoms with Gasteiger partial charge in [0.2, 0.25) is 0 Å². The SMILES string of the molecule is CC(C)CCCCCC(C)C1CCC2C3CC=C4CC(OF)CCC4(C)C3CCC12C. The summed E-state index contributed by atoms with van der Waals surface area (Å²) in [7, 11) is 0. The quantitative estimate of drug-likeness (QED) is 0.274. The monoisotopic (exact) mass is 432 g/mol. The first kappa shape index (κ1) is 23.8. The van der Waals surface area contributed by atoms with Gasteiger partial charge in [0, 0.05) is 0 Å². The smallest absolute Gasteiger partial charge is 0.102 e. The molecule has 31 heavy (non-hydrogen) atoms. The van der Waals surface area contributed by atoms with Crippen molar-refractivity contribution in [2.75, 3.05) is 0 Å². The molecule has 4 aliphatic rings. The summed E-state index contributed by atoms with van der Waals surface area (Å²) in [6, 6.07) is 0. The third kappa shape index (κ3) is 4.41. The summed E-state index contributed by atoms with van der Waals surface area (Å²) in [6.45, 7) is 12.5. The first-order valence-corrected chi connectivity index (χ1v) is 13.8. The molecule has 0 radical (unpaired) electrons. The number of hydrogen-bond donors (Lipinski definition) is 0. The van der Waals surface area contributed by atoms with Gasteiger partial charge < -0.3 is 0 Å². The number of rotatable bonds is 8. The minimum Gasteiger partial charge on any atom is -0.191 e. The van der Waals surface area contributed by atoms with Crippen molar-refractivity contribution in [2.24, 2.45) is 46.3 Å². The van der Waals surface area contributed by atoms with Gasteiger partial charge in [-0.1, -0.05) is 78.4 Å². The molecule has 0 aliphatic heterocycles. The highest BCUT2D eigenvalue weighted by atomic mass is 19.3. The van der Waals surface area contributed by atoms with Crippen LogP contribution in [0.25, 0.3) is 0 Å². The van der Waals surface area contributed by atoms with Crippen LogP contribution in [0.1, 0.15) is 118 Å². The average Bonchev–Trinajstić information content (AvgIpc) is 3.10. The molecule has 4 aliphatic carbocycles. The molecule has 3 saturated carbocycles. The Bertz CT molecular complexity index is 641. The molecular weight excluding hydrogens is 383 g/mol. The van der Waals surface area contributed by atoms with Crippen LogP contribution >= 0.6 is 0 Å². The van der Waals surface area contributed by atoms with Crippen molar-refractivity contribution in [3.8, 4) is 0 Å². The molecule has 0 spiro atoms. The lowest BCUT2D eigenvalue weighted by molar-refractivity contribution is -0.190. The summed E-state index contributed by atoms with van der Waals surface area (Å²) in [5, 5.41) is 0. The zero-order valence-corrected chi connectivity index (χ0v) is 21.1. The molecule has 178 valence electrons. The fourth-order valence-electron chi connectivity index (χ4n) is 9.08. The van der Waals surface area contributed by atoms with E-state index < -0.39 is 0 Å². The molecule has 8 unspecified atom stereocenters. The Morgan fingerprint density at radius 2 is 1.74 bits per heavy atom. The molecule has 0 saturated heterocycles. The van der Waals surface area contributed by atoms with Crippen molar-refractivity contribution >= 4 is 0 Å². The van der Waals surface area contributed by atoms with Crippen molar-refractivity contribution in [3.05, 3.63) is 11.6 Å². The van der Waals surface area contributed by atoms with E-state index >= 15 is 0 Å². The second-order valence-electron chi connectivity index (χ2n) is 13.0. The van der Waals surface area contributed by atoms with E-state index in [0.29, 0.717) is 10.8 Å². The zero-order chi connectivity index (χ0) is 22.2. The molecular formula is C29H49FO. The van der Waals surface area contributed by atoms with Gasteiger partial charge in [-0.2, -0.15) is 4.94 Å². The van der Waals surface area contributed by atoms with Gasteiger partial charge in [0.05, 0.1) is 0 Å². The predicted molar refractivity (Wildman–Crippen MR) is 128 cm³/mol. The van der Waals surface area contributed by atoms with Crippen LogP contribution < -0.4 is 0 Å². The van der Waals surface area contributed by atoms with Crippen LogP contribution in [0.4, 0.5) is 4.53 Å². The summed E-state index contributed by atoms with van der Waals surface area (Å²) in [5.41, 5.74) is 2.38. The van der Waals surface area contributed by atoms with E-state index in [-0.39, 0.29) is 6.10 Å². The lowest BCUT2D eigenvalue weighted by Crippen LogP contribution is -2.50. The molecule has 8 atom stereocenters. The maximum atomic E-state index is 12.9. The summed E-state index contributed by atoms with van der Waals surface area (Å²) >= 11 is 0. The topological polar surface area (TPSA) is 9.23 Å². The first-order valence-electron chi connectivity index (χ1n) is 13.8. The fourth-order valence-corrected chi connectivity index (χ4v) is 9.08. The number of hydrogen-bond acceptors (Lipinski definition) is 1. The molecule has 0 bridgehead atoms. The highest BCUT2D eigenvalue weighted by Crippen LogP contribution is 2.67. The summed E-state index contributed by atoms with van der Waals surface area (Å²) < 4.78 is 12.9. The fraction of sp³-hybridized carbons (Fsp3) is 0.931. The van der Waals surface area contributed by atoms with Gasteiger partial charge in [-0.15, -0.1) is 0 Å². The van der Waals surface area contributed by atoms with Crippen molar-refractivity contribution in [2.45, 2.75) is 124 Å². The molecule has 0 aromatic heterocycles. The van der Waals surface area contributed by atoms with Crippen molar-refractivity contribution in [1.29, 1.82) is 0 Å². The molecule has 0 heterocycles. The Labute approximate surface area is 191 Å². The van der Waals surface area contributed by atoms with E-state index in [1.165, 1.54) is 69.8 Å². The van der Waals surface area contributed by atoms with Crippen molar-refractivity contribution in [1.82, 2.24) is 0 Å². The van der Waals surface area contributed by atoms with Gasteiger partial charge >= 0.3 is 0 Å². The normalized spacial score (nSPS) is 43.2. The van der Waals surface area contributed by atoms with Crippen molar-refractivity contribution in [3.63, 3.8) is 0 Å². The molecule has 1 nitrogen and oxygen atoms in total. The second-order valence-corrected chi connectivity index (χ2v) is 13.0. The Morgan fingerprint density at radius 3 is 2.48 bits per heavy atom. The second kappa shape index (κ2) is 9.47. The van der Waals surface area contributed by atoms with E-state index in [4.69, 9.17) is 0 Å². The number of fused-ring (bicyclic) bond motifs is 5. The molecule has 4 rings (SSSR count). The lowest BCUT2D eigenvalue weighted by atomic mass is 9.47. The van der Waals surface area contributed by atoms with E-state index in [0.717, 1.165) is 54.8 Å². The molecule has 0 aromatic rings. The largest absolute Gasteiger partial charge is 0.191 e. The van der Waals surface area contributed by atoms with E-state index in [2.05, 4.69) is 45.6 Å². The van der Waals surface area contributed by atoms with Gasteiger partial charge in [0.1, 0.15) is 6.10 Å². The first-order chi connectivity index (χ1) is 14.8.